The van der Waals surface area contributed by atoms with Gasteiger partial charge >= 0.3 is 5.97 Å². The molecule has 0 unspecified atom stereocenters. The van der Waals surface area contributed by atoms with Gasteiger partial charge in [-0.2, -0.15) is 0 Å². The van der Waals surface area contributed by atoms with Gasteiger partial charge in [0.05, 0.1) is 6.61 Å². The van der Waals surface area contributed by atoms with E-state index in [1.165, 1.54) is 57.8 Å². The van der Waals surface area contributed by atoms with Crippen molar-refractivity contribution in [3.8, 4) is 0 Å². The summed E-state index contributed by atoms with van der Waals surface area (Å²) in [5, 5.41) is 0. The third-order valence-corrected chi connectivity index (χ3v) is 3.66. The maximum Gasteiger partial charge on any atom is 0.333 e. The Morgan fingerprint density at radius 3 is 1.73 bits per heavy atom. The summed E-state index contributed by atoms with van der Waals surface area (Å²) in [6.45, 7) is 9.85. The van der Waals surface area contributed by atoms with Crippen LogP contribution in [0.4, 0.5) is 0 Å². The summed E-state index contributed by atoms with van der Waals surface area (Å²) in [4.78, 5) is 11.1. The van der Waals surface area contributed by atoms with Crippen molar-refractivity contribution in [3.63, 3.8) is 0 Å². The van der Waals surface area contributed by atoms with E-state index in [2.05, 4.69) is 13.5 Å². The molecule has 0 N–H and O–H groups in total. The molecule has 0 aromatic carbocycles. The van der Waals surface area contributed by atoms with Crippen molar-refractivity contribution in [1.29, 1.82) is 0 Å². The van der Waals surface area contributed by atoms with Crippen LogP contribution in [0.1, 0.15) is 84.5 Å². The zero-order valence-corrected chi connectivity index (χ0v) is 14.8. The molecule has 0 aliphatic rings. The Morgan fingerprint density at radius 1 is 0.773 bits per heavy atom. The van der Waals surface area contributed by atoms with E-state index >= 15 is 0 Å². The predicted molar refractivity (Wildman–Crippen MR) is 93.1 cm³/mol. The lowest BCUT2D eigenvalue weighted by atomic mass is 10.1. The standard InChI is InChI=1S/C19H36O3/c1-4-5-12-15-21-16-13-10-8-6-7-9-11-14-17-22-19(20)18(2)3/h2,4-17H2,1,3H3. The Morgan fingerprint density at radius 2 is 1.23 bits per heavy atom. The molecule has 0 aromatic heterocycles. The highest BCUT2D eigenvalue weighted by molar-refractivity contribution is 5.86. The summed E-state index contributed by atoms with van der Waals surface area (Å²) in [6, 6.07) is 0. The number of hydrogen-bond donors (Lipinski definition) is 0. The van der Waals surface area contributed by atoms with Gasteiger partial charge in [0.2, 0.25) is 0 Å². The van der Waals surface area contributed by atoms with E-state index in [1.54, 1.807) is 6.92 Å². The van der Waals surface area contributed by atoms with Gasteiger partial charge in [0.1, 0.15) is 0 Å². The van der Waals surface area contributed by atoms with E-state index in [-0.39, 0.29) is 5.97 Å². The first-order valence-corrected chi connectivity index (χ1v) is 9.08. The molecule has 3 nitrogen and oxygen atoms in total. The maximum absolute atomic E-state index is 11.1. The first kappa shape index (κ1) is 21.2. The van der Waals surface area contributed by atoms with Crippen LogP contribution in [0, 0.1) is 0 Å². The smallest absolute Gasteiger partial charge is 0.333 e. The van der Waals surface area contributed by atoms with Gasteiger partial charge in [-0.1, -0.05) is 64.9 Å². The second-order valence-electron chi connectivity index (χ2n) is 6.06. The van der Waals surface area contributed by atoms with Gasteiger partial charge in [0, 0.05) is 18.8 Å². The normalized spacial score (nSPS) is 10.6. The fourth-order valence-corrected chi connectivity index (χ4v) is 2.21. The van der Waals surface area contributed by atoms with Gasteiger partial charge in [-0.05, 0) is 26.2 Å². The van der Waals surface area contributed by atoms with Crippen LogP contribution < -0.4 is 0 Å². The summed E-state index contributed by atoms with van der Waals surface area (Å²) in [6.07, 6.45) is 13.5. The van der Waals surface area contributed by atoms with Gasteiger partial charge in [-0.3, -0.25) is 0 Å². The molecule has 3 heteroatoms. The molecule has 0 saturated carbocycles. The molecule has 0 heterocycles. The molecular weight excluding hydrogens is 276 g/mol. The Labute approximate surface area is 137 Å². The summed E-state index contributed by atoms with van der Waals surface area (Å²) in [7, 11) is 0. The van der Waals surface area contributed by atoms with Crippen LogP contribution in [0.15, 0.2) is 12.2 Å². The van der Waals surface area contributed by atoms with Crippen molar-refractivity contribution in [2.45, 2.75) is 84.5 Å². The minimum absolute atomic E-state index is 0.267. The first-order valence-electron chi connectivity index (χ1n) is 9.08. The van der Waals surface area contributed by atoms with E-state index in [1.807, 2.05) is 0 Å². The van der Waals surface area contributed by atoms with Crippen LogP contribution in [0.3, 0.4) is 0 Å². The molecular formula is C19H36O3. The predicted octanol–water partition coefficient (Wildman–Crippen LogP) is 5.43. The van der Waals surface area contributed by atoms with E-state index < -0.39 is 0 Å². The number of esters is 1. The third-order valence-electron chi connectivity index (χ3n) is 3.66. The van der Waals surface area contributed by atoms with E-state index in [0.717, 1.165) is 26.1 Å². The maximum atomic E-state index is 11.1. The molecule has 0 aliphatic carbocycles. The molecule has 130 valence electrons. The average molecular weight is 312 g/mol. The van der Waals surface area contributed by atoms with Crippen LogP contribution >= 0.6 is 0 Å². The largest absolute Gasteiger partial charge is 0.462 e. The van der Waals surface area contributed by atoms with Crippen LogP contribution in [0.2, 0.25) is 0 Å². The Kier molecular flexibility index (Phi) is 15.9. The number of ether oxygens (including phenoxy) is 2. The Balaban J connectivity index is 3.05. The molecule has 0 atom stereocenters. The molecule has 0 radical (unpaired) electrons. The van der Waals surface area contributed by atoms with E-state index in [0.29, 0.717) is 12.2 Å². The molecule has 0 fully saturated rings. The molecule has 22 heavy (non-hydrogen) atoms. The molecule has 0 aliphatic heterocycles. The average Bonchev–Trinajstić information content (AvgIpc) is 2.50. The SMILES string of the molecule is C=C(C)C(=O)OCCCCCCCCCCOCCCCC. The number of hydrogen-bond acceptors (Lipinski definition) is 3. The van der Waals surface area contributed by atoms with E-state index in [4.69, 9.17) is 9.47 Å². The molecule has 0 amide bonds. The lowest BCUT2D eigenvalue weighted by molar-refractivity contribution is -0.139. The van der Waals surface area contributed by atoms with Crippen molar-refractivity contribution in [2.24, 2.45) is 0 Å². The molecule has 0 aromatic rings. The number of rotatable bonds is 16. The highest BCUT2D eigenvalue weighted by Gasteiger charge is 2.01. The molecule has 0 rings (SSSR count). The lowest BCUT2D eigenvalue weighted by Crippen LogP contribution is -2.05. The highest BCUT2D eigenvalue weighted by atomic mass is 16.5. The van der Waals surface area contributed by atoms with Gasteiger partial charge in [0.25, 0.3) is 0 Å². The van der Waals surface area contributed by atoms with Crippen molar-refractivity contribution in [1.82, 2.24) is 0 Å². The summed E-state index contributed by atoms with van der Waals surface area (Å²) in [5.41, 5.74) is 0.481. The highest BCUT2D eigenvalue weighted by Crippen LogP contribution is 2.09. The number of carbonyl (C=O) groups excluding carboxylic acids is 1. The fraction of sp³-hybridized carbons (Fsp3) is 0.842. The number of carbonyl (C=O) groups is 1. The van der Waals surface area contributed by atoms with Crippen molar-refractivity contribution < 1.29 is 14.3 Å². The summed E-state index contributed by atoms with van der Waals surface area (Å²) >= 11 is 0. The lowest BCUT2D eigenvalue weighted by Gasteiger charge is -2.05. The monoisotopic (exact) mass is 312 g/mol. The third kappa shape index (κ3) is 15.6. The summed E-state index contributed by atoms with van der Waals surface area (Å²) < 4.78 is 10.7. The second kappa shape index (κ2) is 16.5. The number of unbranched alkanes of at least 4 members (excludes halogenated alkanes) is 9. The zero-order chi connectivity index (χ0) is 16.5. The minimum atomic E-state index is -0.267. The van der Waals surface area contributed by atoms with Crippen LogP contribution in [-0.4, -0.2) is 25.8 Å². The topological polar surface area (TPSA) is 35.5 Å². The van der Waals surface area contributed by atoms with Crippen LogP contribution in [0.5, 0.6) is 0 Å². The molecule has 0 bridgehead atoms. The Bertz CT molecular complexity index is 274. The van der Waals surface area contributed by atoms with Gasteiger partial charge in [0.15, 0.2) is 0 Å². The second-order valence-corrected chi connectivity index (χ2v) is 6.06. The Hall–Kier alpha value is -0.830. The molecule has 0 spiro atoms. The van der Waals surface area contributed by atoms with Crippen molar-refractivity contribution >= 4 is 5.97 Å². The minimum Gasteiger partial charge on any atom is -0.462 e. The van der Waals surface area contributed by atoms with Gasteiger partial charge in [-0.25, -0.2) is 4.79 Å². The van der Waals surface area contributed by atoms with Crippen molar-refractivity contribution in [2.75, 3.05) is 19.8 Å². The van der Waals surface area contributed by atoms with Crippen molar-refractivity contribution in [3.05, 3.63) is 12.2 Å². The summed E-state index contributed by atoms with van der Waals surface area (Å²) in [5.74, 6) is -0.267. The van der Waals surface area contributed by atoms with Crippen LogP contribution in [0.25, 0.3) is 0 Å². The quantitative estimate of drug-likeness (QED) is 0.216. The van der Waals surface area contributed by atoms with Gasteiger partial charge in [-0.15, -0.1) is 0 Å². The van der Waals surface area contributed by atoms with Crippen LogP contribution in [-0.2, 0) is 14.3 Å². The molecule has 0 saturated heterocycles. The van der Waals surface area contributed by atoms with E-state index in [9.17, 15) is 4.79 Å². The van der Waals surface area contributed by atoms with Gasteiger partial charge < -0.3 is 9.47 Å². The zero-order valence-electron chi connectivity index (χ0n) is 14.8. The fourth-order valence-electron chi connectivity index (χ4n) is 2.21. The first-order chi connectivity index (χ1) is 10.7.